The maximum atomic E-state index is 12.1. The molecular weight excluding hydrogens is 701 g/mol. The third-order valence-corrected chi connectivity index (χ3v) is 11.0. The van der Waals surface area contributed by atoms with E-state index in [0.717, 1.165) is 44.7 Å². The molecule has 0 amide bonds. The summed E-state index contributed by atoms with van der Waals surface area (Å²) in [4.78, 5) is 32.4. The van der Waals surface area contributed by atoms with Crippen molar-refractivity contribution in [2.24, 2.45) is 16.6 Å². The number of aliphatic imine (C=N–C) groups is 1. The monoisotopic (exact) mass is 797 g/mol. The predicted molar refractivity (Wildman–Crippen MR) is 240 cm³/mol. The van der Waals surface area contributed by atoms with Crippen LogP contribution in [0.2, 0.25) is 0 Å². The smallest absolute Gasteiger partial charge is 0.305 e. The summed E-state index contributed by atoms with van der Waals surface area (Å²) in [5, 5.41) is 6.89. The molecule has 56 heavy (non-hydrogen) atoms. The van der Waals surface area contributed by atoms with E-state index in [9.17, 15) is 4.79 Å². The summed E-state index contributed by atoms with van der Waals surface area (Å²) in [5.74, 6) is 1.31. The van der Waals surface area contributed by atoms with E-state index >= 15 is 0 Å². The number of ether oxygens (including phenoxy) is 1. The topological polar surface area (TPSA) is 126 Å². The number of hydroxylamine groups is 1. The second-order valence-corrected chi connectivity index (χ2v) is 16.3. The van der Waals surface area contributed by atoms with Gasteiger partial charge in [0.25, 0.3) is 6.47 Å². The molecule has 9 nitrogen and oxygen atoms in total. The number of hydrogen-bond donors (Lipinski definition) is 3. The number of nitrogens with two attached hydrogens (primary N) is 1. The first-order valence-electron chi connectivity index (χ1n) is 24.0. The molecule has 0 saturated heterocycles. The van der Waals surface area contributed by atoms with Crippen molar-refractivity contribution in [2.45, 2.75) is 239 Å². The number of carboxylic acid groups (broad SMARTS) is 1. The van der Waals surface area contributed by atoms with Gasteiger partial charge in [-0.05, 0) is 57.7 Å². The van der Waals surface area contributed by atoms with Crippen LogP contribution in [0.4, 0.5) is 0 Å². The molecule has 4 N–H and O–H groups in total. The molecule has 0 aromatic rings. The molecule has 0 radical (unpaired) electrons. The van der Waals surface area contributed by atoms with Crippen molar-refractivity contribution in [3.05, 3.63) is 0 Å². The van der Waals surface area contributed by atoms with Crippen molar-refractivity contribution >= 4 is 18.4 Å². The zero-order valence-corrected chi connectivity index (χ0v) is 37.8. The maximum absolute atomic E-state index is 12.1. The maximum Gasteiger partial charge on any atom is 0.305 e. The number of unbranched alkanes of at least 4 members (excludes halogenated alkanes) is 24. The first-order valence-corrected chi connectivity index (χ1v) is 24.0. The Morgan fingerprint density at radius 3 is 1.43 bits per heavy atom. The van der Waals surface area contributed by atoms with E-state index in [-0.39, 0.29) is 12.4 Å². The second-order valence-electron chi connectivity index (χ2n) is 16.3. The summed E-state index contributed by atoms with van der Waals surface area (Å²) in [6.07, 6.45) is 44.3. The van der Waals surface area contributed by atoms with Gasteiger partial charge >= 0.3 is 5.97 Å². The van der Waals surface area contributed by atoms with Gasteiger partial charge in [0.15, 0.2) is 0 Å². The van der Waals surface area contributed by atoms with Gasteiger partial charge in [-0.1, -0.05) is 201 Å². The summed E-state index contributed by atoms with van der Waals surface area (Å²) in [5.41, 5.74) is 8.44. The Labute approximate surface area is 347 Å². The zero-order chi connectivity index (χ0) is 41.4. The molecule has 0 aromatic carbocycles. The van der Waals surface area contributed by atoms with Crippen molar-refractivity contribution in [3.8, 4) is 0 Å². The normalized spacial score (nSPS) is 11.6. The Kier molecular flexibility index (Phi) is 49.5. The second kappa shape index (κ2) is 49.3. The number of nitrogens with zero attached hydrogens (tertiary/aromatic N) is 2. The highest BCUT2D eigenvalue weighted by Crippen LogP contribution is 2.25. The molecule has 0 aliphatic heterocycles. The highest BCUT2D eigenvalue weighted by Gasteiger charge is 2.10. The van der Waals surface area contributed by atoms with Crippen LogP contribution in [0.25, 0.3) is 0 Å². The van der Waals surface area contributed by atoms with Gasteiger partial charge in [-0.3, -0.25) is 19.4 Å². The van der Waals surface area contributed by atoms with Crippen molar-refractivity contribution in [2.75, 3.05) is 39.9 Å². The third-order valence-electron chi connectivity index (χ3n) is 11.0. The van der Waals surface area contributed by atoms with Crippen LogP contribution in [-0.2, 0) is 19.2 Å². The summed E-state index contributed by atoms with van der Waals surface area (Å²) < 4.78 is 5.46. The van der Waals surface area contributed by atoms with E-state index in [2.05, 4.69) is 36.1 Å². The quantitative estimate of drug-likeness (QED) is 0.0139. The molecule has 9 heteroatoms. The molecule has 0 atom stereocenters. The van der Waals surface area contributed by atoms with Crippen LogP contribution in [-0.4, -0.2) is 68.3 Å². The first-order chi connectivity index (χ1) is 27.5. The minimum Gasteiger partial charge on any atom is -0.483 e. The van der Waals surface area contributed by atoms with Crippen molar-refractivity contribution in [1.82, 2.24) is 10.4 Å². The molecule has 0 saturated carbocycles. The van der Waals surface area contributed by atoms with Crippen LogP contribution >= 0.6 is 0 Å². The van der Waals surface area contributed by atoms with Crippen LogP contribution < -0.4 is 11.2 Å². The van der Waals surface area contributed by atoms with Gasteiger partial charge in [-0.2, -0.15) is 0 Å². The van der Waals surface area contributed by atoms with Gasteiger partial charge < -0.3 is 20.5 Å². The molecule has 0 unspecified atom stereocenters. The van der Waals surface area contributed by atoms with Gasteiger partial charge in [-0.25, -0.2) is 5.48 Å². The summed E-state index contributed by atoms with van der Waals surface area (Å²) >= 11 is 0. The van der Waals surface area contributed by atoms with E-state index in [1.165, 1.54) is 193 Å². The minimum absolute atomic E-state index is 0.00713. The first kappa shape index (κ1) is 56.2. The third kappa shape index (κ3) is 46.5. The van der Waals surface area contributed by atoms with E-state index in [4.69, 9.17) is 25.2 Å². The Bertz CT molecular complexity index is 799. The van der Waals surface area contributed by atoms with Crippen molar-refractivity contribution in [1.29, 1.82) is 0 Å². The lowest BCUT2D eigenvalue weighted by molar-refractivity contribution is -0.143. The fourth-order valence-electron chi connectivity index (χ4n) is 7.58. The predicted octanol–water partition coefficient (Wildman–Crippen LogP) is 12.9. The number of carbonyl (C=O) groups is 2. The molecule has 0 aromatic heterocycles. The number of nitrogens with one attached hydrogen (secondary N) is 1. The molecule has 0 aliphatic carbocycles. The lowest BCUT2D eigenvalue weighted by Crippen LogP contribution is -2.31. The number of hydrogen-bond acceptors (Lipinski definition) is 6. The summed E-state index contributed by atoms with van der Waals surface area (Å²) in [6, 6.07) is 0. The number of carbonyl (C=O) groups excluding carboxylic acids is 1. The Hall–Kier alpha value is -1.87. The molecule has 334 valence electrons. The van der Waals surface area contributed by atoms with Gasteiger partial charge in [0, 0.05) is 13.0 Å². The molecule has 0 aliphatic rings. The number of rotatable bonds is 43. The van der Waals surface area contributed by atoms with E-state index < -0.39 is 0 Å². The largest absolute Gasteiger partial charge is 0.483 e. The van der Waals surface area contributed by atoms with Crippen LogP contribution in [0.3, 0.4) is 0 Å². The fraction of sp³-hybridized carbons (Fsp3) is 0.936. The van der Waals surface area contributed by atoms with Gasteiger partial charge in [0.05, 0.1) is 13.7 Å². The van der Waals surface area contributed by atoms with E-state index in [1.54, 1.807) is 7.11 Å². The van der Waals surface area contributed by atoms with E-state index in [1.807, 2.05) is 0 Å². The van der Waals surface area contributed by atoms with Gasteiger partial charge in [0.2, 0.25) is 5.96 Å². The standard InChI is InChI=1S/C46H94N4O3.CH2O2/c1-5-8-11-14-17-26-33-43-53-45(51)38-30-23-19-25-32-41-50(42-34-39-48-46(47)49-52-4)40-31-24-18-22-29-37-44(35-27-20-15-12-9-6-2)36-28-21-16-13-10-7-3;2-1-3/h44H,5-43H2,1-4H3,(H3,47,48,49);1H,(H,2,3). The number of guanidine groups is 1. The SMILES string of the molecule is CCCCCCCCCOC(=O)CCCCCCCN(CCCCCCCC(CCCCCCCC)CCCCCCCC)CCCN=C(N)NOC.O=CO. The Morgan fingerprint density at radius 1 is 0.607 bits per heavy atom. The van der Waals surface area contributed by atoms with Gasteiger partial charge in [0.1, 0.15) is 0 Å². The van der Waals surface area contributed by atoms with E-state index in [0.29, 0.717) is 25.5 Å². The molecule has 0 bridgehead atoms. The lowest BCUT2D eigenvalue weighted by Gasteiger charge is -2.22. The fourth-order valence-corrected chi connectivity index (χ4v) is 7.58. The lowest BCUT2D eigenvalue weighted by atomic mass is 9.89. The molecule has 0 rings (SSSR count). The van der Waals surface area contributed by atoms with Crippen LogP contribution in [0, 0.1) is 5.92 Å². The Balaban J connectivity index is 0. The summed E-state index contributed by atoms with van der Waals surface area (Å²) in [7, 11) is 1.55. The summed E-state index contributed by atoms with van der Waals surface area (Å²) in [6.45, 7) is 11.3. The number of esters is 1. The Morgan fingerprint density at radius 2 is 0.982 bits per heavy atom. The average molecular weight is 797 g/mol. The van der Waals surface area contributed by atoms with Gasteiger partial charge in [-0.15, -0.1) is 0 Å². The molecule has 0 spiro atoms. The van der Waals surface area contributed by atoms with Crippen LogP contribution in [0.1, 0.15) is 239 Å². The van der Waals surface area contributed by atoms with Crippen LogP contribution in [0.15, 0.2) is 4.99 Å². The molecule has 0 fully saturated rings. The zero-order valence-electron chi connectivity index (χ0n) is 37.8. The van der Waals surface area contributed by atoms with Crippen molar-refractivity contribution in [3.63, 3.8) is 0 Å². The van der Waals surface area contributed by atoms with Crippen molar-refractivity contribution < 1.29 is 24.3 Å². The molecule has 0 heterocycles. The average Bonchev–Trinajstić information content (AvgIpc) is 3.19. The molecular formula is C47H96N4O5. The van der Waals surface area contributed by atoms with Crippen LogP contribution in [0.5, 0.6) is 0 Å². The highest BCUT2D eigenvalue weighted by atomic mass is 16.6. The minimum atomic E-state index is -0.250. The highest BCUT2D eigenvalue weighted by molar-refractivity contribution is 5.76.